The maximum absolute atomic E-state index is 13.4. The predicted molar refractivity (Wildman–Crippen MR) is 65.4 cm³/mol. The van der Waals surface area contributed by atoms with Gasteiger partial charge in [0.25, 0.3) is 5.91 Å². The molecule has 1 N–H and O–H groups in total. The molecule has 0 saturated carbocycles. The molecule has 0 bridgehead atoms. The summed E-state index contributed by atoms with van der Waals surface area (Å²) < 4.78 is 14.9. The van der Waals surface area contributed by atoms with Crippen molar-refractivity contribution in [3.63, 3.8) is 0 Å². The quantitative estimate of drug-likeness (QED) is 0.642. The Morgan fingerprint density at radius 3 is 2.90 bits per heavy atom. The molecule has 0 aliphatic heterocycles. The third-order valence-corrected chi connectivity index (χ3v) is 2.50. The fourth-order valence-corrected chi connectivity index (χ4v) is 1.53. The molecule has 0 aliphatic carbocycles. The summed E-state index contributed by atoms with van der Waals surface area (Å²) in [7, 11) is 0. The molecule has 104 valence electrons. The monoisotopic (exact) mass is 279 g/mol. The normalized spacial score (nSPS) is 10.2. The SMILES string of the molecule is O=C(NCCn1ccnn1)c1ccc([N+](=O)[O-])c(F)c1. The number of nitrogens with zero attached hydrogens (tertiary/aromatic N) is 4. The first-order valence-electron chi connectivity index (χ1n) is 5.64. The second-order valence-electron chi connectivity index (χ2n) is 3.85. The first kappa shape index (κ1) is 13.6. The molecule has 1 aromatic carbocycles. The smallest absolute Gasteiger partial charge is 0.304 e. The summed E-state index contributed by atoms with van der Waals surface area (Å²) in [5, 5.41) is 20.3. The molecule has 0 atom stereocenters. The molecule has 1 amide bonds. The highest BCUT2D eigenvalue weighted by atomic mass is 19.1. The lowest BCUT2D eigenvalue weighted by Crippen LogP contribution is -2.27. The lowest BCUT2D eigenvalue weighted by Gasteiger charge is -2.05. The molecule has 8 nitrogen and oxygen atoms in total. The van der Waals surface area contributed by atoms with Crippen molar-refractivity contribution in [2.24, 2.45) is 0 Å². The number of nitro benzene ring substituents is 1. The van der Waals surface area contributed by atoms with Crippen molar-refractivity contribution in [1.82, 2.24) is 20.3 Å². The lowest BCUT2D eigenvalue weighted by molar-refractivity contribution is -0.387. The largest absolute Gasteiger partial charge is 0.350 e. The fourth-order valence-electron chi connectivity index (χ4n) is 1.53. The topological polar surface area (TPSA) is 103 Å². The van der Waals surface area contributed by atoms with E-state index in [4.69, 9.17) is 0 Å². The summed E-state index contributed by atoms with van der Waals surface area (Å²) in [6.07, 6.45) is 3.14. The first-order valence-corrected chi connectivity index (χ1v) is 5.64. The number of aromatic nitrogens is 3. The van der Waals surface area contributed by atoms with E-state index in [0.29, 0.717) is 6.54 Å². The van der Waals surface area contributed by atoms with Gasteiger partial charge in [-0.2, -0.15) is 4.39 Å². The molecule has 20 heavy (non-hydrogen) atoms. The molecule has 2 aromatic rings. The highest BCUT2D eigenvalue weighted by Gasteiger charge is 2.16. The Hall–Kier alpha value is -2.84. The van der Waals surface area contributed by atoms with Gasteiger partial charge >= 0.3 is 5.69 Å². The second-order valence-corrected chi connectivity index (χ2v) is 3.85. The van der Waals surface area contributed by atoms with Crippen LogP contribution in [0.15, 0.2) is 30.6 Å². The maximum Gasteiger partial charge on any atom is 0.304 e. The van der Waals surface area contributed by atoms with Gasteiger partial charge in [0, 0.05) is 24.4 Å². The van der Waals surface area contributed by atoms with Gasteiger partial charge in [0.15, 0.2) is 0 Å². The van der Waals surface area contributed by atoms with Crippen LogP contribution in [0.3, 0.4) is 0 Å². The maximum atomic E-state index is 13.4. The zero-order valence-corrected chi connectivity index (χ0v) is 10.2. The Kier molecular flexibility index (Phi) is 3.99. The van der Waals surface area contributed by atoms with Crippen LogP contribution >= 0.6 is 0 Å². The Bertz CT molecular complexity index is 629. The van der Waals surface area contributed by atoms with Gasteiger partial charge in [-0.15, -0.1) is 5.10 Å². The van der Waals surface area contributed by atoms with Crippen LogP contribution in [0.4, 0.5) is 10.1 Å². The van der Waals surface area contributed by atoms with Crippen molar-refractivity contribution in [2.75, 3.05) is 6.54 Å². The van der Waals surface area contributed by atoms with Crippen LogP contribution in [0.5, 0.6) is 0 Å². The minimum absolute atomic E-state index is 0.0201. The molecule has 0 radical (unpaired) electrons. The van der Waals surface area contributed by atoms with Crippen molar-refractivity contribution >= 4 is 11.6 Å². The van der Waals surface area contributed by atoms with Crippen LogP contribution in [0.1, 0.15) is 10.4 Å². The Balaban J connectivity index is 1.95. The van der Waals surface area contributed by atoms with Gasteiger partial charge in [-0.25, -0.2) is 0 Å². The molecule has 1 heterocycles. The predicted octanol–water partition coefficient (Wildman–Crippen LogP) is 0.755. The molecule has 0 unspecified atom stereocenters. The van der Waals surface area contributed by atoms with Crippen LogP contribution in [-0.2, 0) is 6.54 Å². The zero-order valence-electron chi connectivity index (χ0n) is 10.2. The Morgan fingerprint density at radius 1 is 1.50 bits per heavy atom. The number of amides is 1. The van der Waals surface area contributed by atoms with E-state index in [1.54, 1.807) is 6.20 Å². The minimum atomic E-state index is -1.04. The van der Waals surface area contributed by atoms with Crippen molar-refractivity contribution in [2.45, 2.75) is 6.54 Å². The van der Waals surface area contributed by atoms with Crippen LogP contribution in [0.25, 0.3) is 0 Å². The summed E-state index contributed by atoms with van der Waals surface area (Å²) >= 11 is 0. The van der Waals surface area contributed by atoms with Crippen molar-refractivity contribution in [3.05, 3.63) is 52.1 Å². The summed E-state index contributed by atoms with van der Waals surface area (Å²) in [6, 6.07) is 3.00. The van der Waals surface area contributed by atoms with Gasteiger partial charge in [0.05, 0.1) is 17.7 Å². The third-order valence-electron chi connectivity index (χ3n) is 2.50. The van der Waals surface area contributed by atoms with Gasteiger partial charge in [0.2, 0.25) is 5.82 Å². The number of carbonyl (C=O) groups excluding carboxylic acids is 1. The fraction of sp³-hybridized carbons (Fsp3) is 0.182. The molecule has 0 fully saturated rings. The molecular formula is C11H10FN5O3. The Labute approximate surface area is 112 Å². The molecule has 9 heteroatoms. The molecule has 0 spiro atoms. The molecule has 1 aromatic heterocycles. The van der Waals surface area contributed by atoms with Crippen molar-refractivity contribution in [3.8, 4) is 0 Å². The van der Waals surface area contributed by atoms with Crippen LogP contribution in [-0.4, -0.2) is 32.4 Å². The van der Waals surface area contributed by atoms with Crippen LogP contribution < -0.4 is 5.32 Å². The lowest BCUT2D eigenvalue weighted by atomic mass is 10.2. The van der Waals surface area contributed by atoms with Crippen molar-refractivity contribution < 1.29 is 14.1 Å². The third kappa shape index (κ3) is 3.13. The Morgan fingerprint density at radius 2 is 2.30 bits per heavy atom. The number of rotatable bonds is 5. The second kappa shape index (κ2) is 5.87. The number of hydrogen-bond acceptors (Lipinski definition) is 5. The zero-order chi connectivity index (χ0) is 14.5. The van der Waals surface area contributed by atoms with Gasteiger partial charge in [-0.3, -0.25) is 19.6 Å². The molecule has 0 saturated heterocycles. The minimum Gasteiger partial charge on any atom is -0.350 e. The van der Waals surface area contributed by atoms with Crippen molar-refractivity contribution in [1.29, 1.82) is 0 Å². The van der Waals surface area contributed by atoms with E-state index < -0.39 is 22.3 Å². The van der Waals surface area contributed by atoms with Gasteiger partial charge in [0.1, 0.15) is 0 Å². The van der Waals surface area contributed by atoms with Gasteiger partial charge in [-0.1, -0.05) is 5.21 Å². The number of carbonyl (C=O) groups is 1. The summed E-state index contributed by atoms with van der Waals surface area (Å²) in [5.74, 6) is -1.56. The summed E-state index contributed by atoms with van der Waals surface area (Å²) in [4.78, 5) is 21.3. The van der Waals surface area contributed by atoms with E-state index in [2.05, 4.69) is 15.6 Å². The molecular weight excluding hydrogens is 269 g/mol. The van der Waals surface area contributed by atoms with E-state index in [1.165, 1.54) is 16.9 Å². The van der Waals surface area contributed by atoms with Gasteiger partial charge in [-0.05, 0) is 12.1 Å². The summed E-state index contributed by atoms with van der Waals surface area (Å²) in [5.41, 5.74) is -0.643. The number of nitrogens with one attached hydrogen (secondary N) is 1. The molecule has 0 aliphatic rings. The van der Waals surface area contributed by atoms with E-state index in [9.17, 15) is 19.3 Å². The van der Waals surface area contributed by atoms with E-state index >= 15 is 0 Å². The highest BCUT2D eigenvalue weighted by molar-refractivity contribution is 5.94. The van der Waals surface area contributed by atoms with Crippen LogP contribution in [0, 0.1) is 15.9 Å². The number of nitro groups is 1. The standard InChI is InChI=1S/C11H10FN5O3/c12-9-7-8(1-2-10(9)17(19)20)11(18)13-3-5-16-6-4-14-15-16/h1-2,4,6-7H,3,5H2,(H,13,18). The first-order chi connectivity index (χ1) is 9.58. The molecule has 2 rings (SSSR count). The average molecular weight is 279 g/mol. The van der Waals surface area contributed by atoms with Crippen LogP contribution in [0.2, 0.25) is 0 Å². The van der Waals surface area contributed by atoms with E-state index in [-0.39, 0.29) is 12.1 Å². The van der Waals surface area contributed by atoms with E-state index in [0.717, 1.165) is 12.1 Å². The number of hydrogen-bond donors (Lipinski definition) is 1. The average Bonchev–Trinajstić information content (AvgIpc) is 2.91. The number of halogens is 1. The van der Waals surface area contributed by atoms with E-state index in [1.807, 2.05) is 0 Å². The highest BCUT2D eigenvalue weighted by Crippen LogP contribution is 2.17. The number of benzene rings is 1. The summed E-state index contributed by atoms with van der Waals surface area (Å²) in [6.45, 7) is 0.696. The van der Waals surface area contributed by atoms with Gasteiger partial charge < -0.3 is 5.32 Å².